The van der Waals surface area contributed by atoms with Crippen molar-refractivity contribution in [1.29, 1.82) is 0 Å². The molecule has 0 heterocycles. The highest BCUT2D eigenvalue weighted by Gasteiger charge is 2.22. The Labute approximate surface area is 151 Å². The van der Waals surface area contributed by atoms with E-state index in [1.807, 2.05) is 18.2 Å². The Balaban J connectivity index is 1.45. The SMILES string of the molecule is OCCNCC1CCC(c2ccc(OCc3ccccc3)cc2)CC1. The lowest BCUT2D eigenvalue weighted by Crippen LogP contribution is -2.28. The zero-order valence-corrected chi connectivity index (χ0v) is 14.9. The summed E-state index contributed by atoms with van der Waals surface area (Å²) in [6, 6.07) is 18.9. The molecule has 25 heavy (non-hydrogen) atoms. The number of hydrogen-bond acceptors (Lipinski definition) is 3. The molecule has 2 aromatic carbocycles. The van der Waals surface area contributed by atoms with E-state index in [-0.39, 0.29) is 6.61 Å². The number of rotatable bonds is 8. The minimum Gasteiger partial charge on any atom is -0.489 e. The molecule has 0 bridgehead atoms. The van der Waals surface area contributed by atoms with Crippen molar-refractivity contribution in [3.05, 3.63) is 65.7 Å². The van der Waals surface area contributed by atoms with Crippen molar-refractivity contribution >= 4 is 0 Å². The average Bonchev–Trinajstić information content (AvgIpc) is 2.68. The van der Waals surface area contributed by atoms with E-state index in [9.17, 15) is 0 Å². The van der Waals surface area contributed by atoms with Gasteiger partial charge < -0.3 is 15.2 Å². The molecule has 3 nitrogen and oxygen atoms in total. The largest absolute Gasteiger partial charge is 0.489 e. The lowest BCUT2D eigenvalue weighted by molar-refractivity contribution is 0.272. The Morgan fingerprint density at radius 1 is 0.920 bits per heavy atom. The van der Waals surface area contributed by atoms with Crippen LogP contribution in [0.3, 0.4) is 0 Å². The molecule has 134 valence electrons. The number of aliphatic hydroxyl groups is 1. The zero-order chi connectivity index (χ0) is 17.3. The van der Waals surface area contributed by atoms with Crippen LogP contribution < -0.4 is 10.1 Å². The normalized spacial score (nSPS) is 20.4. The van der Waals surface area contributed by atoms with Crippen LogP contribution in [-0.2, 0) is 6.61 Å². The molecular formula is C22H29NO2. The minimum absolute atomic E-state index is 0.230. The molecule has 0 aliphatic heterocycles. The van der Waals surface area contributed by atoms with Gasteiger partial charge >= 0.3 is 0 Å². The fourth-order valence-corrected chi connectivity index (χ4v) is 3.66. The van der Waals surface area contributed by atoms with Crippen LogP contribution in [0.15, 0.2) is 54.6 Å². The first-order chi connectivity index (χ1) is 12.3. The number of ether oxygens (including phenoxy) is 1. The molecule has 0 saturated heterocycles. The second-order valence-corrected chi connectivity index (χ2v) is 6.99. The maximum atomic E-state index is 8.84. The molecule has 1 fully saturated rings. The first-order valence-corrected chi connectivity index (χ1v) is 9.43. The van der Waals surface area contributed by atoms with Crippen LogP contribution in [0.1, 0.15) is 42.7 Å². The van der Waals surface area contributed by atoms with Gasteiger partial charge in [0.25, 0.3) is 0 Å². The van der Waals surface area contributed by atoms with E-state index < -0.39 is 0 Å². The molecule has 0 aromatic heterocycles. The van der Waals surface area contributed by atoms with Gasteiger partial charge in [-0.1, -0.05) is 42.5 Å². The summed E-state index contributed by atoms with van der Waals surface area (Å²) in [6.07, 6.45) is 5.07. The lowest BCUT2D eigenvalue weighted by atomic mass is 9.78. The number of nitrogens with one attached hydrogen (secondary N) is 1. The van der Waals surface area contributed by atoms with Crippen LogP contribution in [0.4, 0.5) is 0 Å². The Kier molecular flexibility index (Phi) is 6.89. The topological polar surface area (TPSA) is 41.5 Å². The van der Waals surface area contributed by atoms with Crippen molar-refractivity contribution in [1.82, 2.24) is 5.32 Å². The van der Waals surface area contributed by atoms with Gasteiger partial charge in [0, 0.05) is 6.54 Å². The van der Waals surface area contributed by atoms with Crippen LogP contribution in [0.25, 0.3) is 0 Å². The molecule has 2 N–H and O–H groups in total. The smallest absolute Gasteiger partial charge is 0.119 e. The lowest BCUT2D eigenvalue weighted by Gasteiger charge is -2.29. The number of hydrogen-bond donors (Lipinski definition) is 2. The summed E-state index contributed by atoms with van der Waals surface area (Å²) in [4.78, 5) is 0. The van der Waals surface area contributed by atoms with Crippen molar-refractivity contribution in [2.45, 2.75) is 38.2 Å². The maximum absolute atomic E-state index is 8.84. The van der Waals surface area contributed by atoms with Crippen molar-refractivity contribution in [3.8, 4) is 5.75 Å². The fraction of sp³-hybridized carbons (Fsp3) is 0.455. The quantitative estimate of drug-likeness (QED) is 0.711. The van der Waals surface area contributed by atoms with Crippen LogP contribution in [-0.4, -0.2) is 24.8 Å². The van der Waals surface area contributed by atoms with E-state index in [2.05, 4.69) is 41.7 Å². The van der Waals surface area contributed by atoms with E-state index in [4.69, 9.17) is 9.84 Å². The average molecular weight is 339 g/mol. The van der Waals surface area contributed by atoms with Crippen LogP contribution in [0, 0.1) is 5.92 Å². The second-order valence-electron chi connectivity index (χ2n) is 6.99. The summed E-state index contributed by atoms with van der Waals surface area (Å²) in [6.45, 7) is 2.60. The highest BCUT2D eigenvalue weighted by molar-refractivity contribution is 5.30. The molecule has 1 aliphatic rings. The maximum Gasteiger partial charge on any atom is 0.119 e. The first kappa shape index (κ1) is 18.0. The van der Waals surface area contributed by atoms with Crippen molar-refractivity contribution < 1.29 is 9.84 Å². The molecule has 1 aliphatic carbocycles. The van der Waals surface area contributed by atoms with Crippen molar-refractivity contribution in [2.24, 2.45) is 5.92 Å². The molecule has 0 atom stereocenters. The molecule has 3 rings (SSSR count). The van der Waals surface area contributed by atoms with Crippen molar-refractivity contribution in [3.63, 3.8) is 0 Å². The zero-order valence-electron chi connectivity index (χ0n) is 14.9. The summed E-state index contributed by atoms with van der Waals surface area (Å²) in [7, 11) is 0. The van der Waals surface area contributed by atoms with E-state index in [1.54, 1.807) is 0 Å². The van der Waals surface area contributed by atoms with Gasteiger partial charge in [0.15, 0.2) is 0 Å². The van der Waals surface area contributed by atoms with E-state index in [0.29, 0.717) is 19.1 Å². The second kappa shape index (κ2) is 9.59. The highest BCUT2D eigenvalue weighted by atomic mass is 16.5. The molecule has 0 radical (unpaired) electrons. The predicted molar refractivity (Wildman–Crippen MR) is 102 cm³/mol. The van der Waals surface area contributed by atoms with Crippen LogP contribution >= 0.6 is 0 Å². The molecule has 0 spiro atoms. The molecule has 3 heteroatoms. The van der Waals surface area contributed by atoms with E-state index in [1.165, 1.54) is 36.8 Å². The van der Waals surface area contributed by atoms with Crippen molar-refractivity contribution in [2.75, 3.05) is 19.7 Å². The molecule has 0 unspecified atom stereocenters. The minimum atomic E-state index is 0.230. The van der Waals surface area contributed by atoms with Crippen LogP contribution in [0.5, 0.6) is 5.75 Å². The number of aliphatic hydroxyl groups excluding tert-OH is 1. The first-order valence-electron chi connectivity index (χ1n) is 9.43. The third kappa shape index (κ3) is 5.58. The van der Waals surface area contributed by atoms with Crippen LogP contribution in [0.2, 0.25) is 0 Å². The molecule has 1 saturated carbocycles. The van der Waals surface area contributed by atoms with Gasteiger partial charge in [0.1, 0.15) is 12.4 Å². The summed E-state index contributed by atoms with van der Waals surface area (Å²) < 4.78 is 5.88. The Morgan fingerprint density at radius 2 is 1.64 bits per heavy atom. The predicted octanol–water partition coefficient (Wildman–Crippen LogP) is 4.12. The number of benzene rings is 2. The van der Waals surface area contributed by atoms with Gasteiger partial charge in [-0.15, -0.1) is 0 Å². The standard InChI is InChI=1S/C22H29NO2/c24-15-14-23-16-18-6-8-20(9-7-18)21-10-12-22(13-11-21)25-17-19-4-2-1-3-5-19/h1-5,10-13,18,20,23-24H,6-9,14-17H2. The van der Waals surface area contributed by atoms with E-state index in [0.717, 1.165) is 18.2 Å². The van der Waals surface area contributed by atoms with Gasteiger partial charge in [-0.2, -0.15) is 0 Å². The van der Waals surface area contributed by atoms with Gasteiger partial charge in [0.05, 0.1) is 6.61 Å². The fourth-order valence-electron chi connectivity index (χ4n) is 3.66. The summed E-state index contributed by atoms with van der Waals surface area (Å²) in [5.74, 6) is 2.38. The molecule has 0 amide bonds. The monoisotopic (exact) mass is 339 g/mol. The van der Waals surface area contributed by atoms with Gasteiger partial charge in [-0.25, -0.2) is 0 Å². The van der Waals surface area contributed by atoms with E-state index >= 15 is 0 Å². The summed E-state index contributed by atoms with van der Waals surface area (Å²) in [5, 5.41) is 12.2. The highest BCUT2D eigenvalue weighted by Crippen LogP contribution is 2.36. The van der Waals surface area contributed by atoms with Gasteiger partial charge in [-0.3, -0.25) is 0 Å². The third-order valence-electron chi connectivity index (χ3n) is 5.17. The van der Waals surface area contributed by atoms with Gasteiger partial charge in [-0.05, 0) is 67.3 Å². The third-order valence-corrected chi connectivity index (χ3v) is 5.17. The Bertz CT molecular complexity index is 604. The summed E-state index contributed by atoms with van der Waals surface area (Å²) >= 11 is 0. The molecule has 2 aromatic rings. The summed E-state index contributed by atoms with van der Waals surface area (Å²) in [5.41, 5.74) is 2.63. The Hall–Kier alpha value is -1.84. The van der Waals surface area contributed by atoms with Gasteiger partial charge in [0.2, 0.25) is 0 Å². The Morgan fingerprint density at radius 3 is 2.32 bits per heavy atom. The molecular weight excluding hydrogens is 310 g/mol.